The zero-order chi connectivity index (χ0) is 30.6. The molecule has 0 spiro atoms. The third-order valence-electron chi connectivity index (χ3n) is 7.01. The van der Waals surface area contributed by atoms with Gasteiger partial charge in [0.05, 0.1) is 19.9 Å². The minimum absolute atomic E-state index is 0.0288. The number of anilines is 2. The van der Waals surface area contributed by atoms with E-state index in [2.05, 4.69) is 24.8 Å². The Labute approximate surface area is 247 Å². The minimum Gasteiger partial charge on any atom is -0.480 e. The number of unbranched alkanes of at least 4 members (excludes halogenated alkanes) is 1. The highest BCUT2D eigenvalue weighted by Crippen LogP contribution is 2.34. The molecule has 1 aliphatic heterocycles. The lowest BCUT2D eigenvalue weighted by molar-refractivity contribution is 0.0989. The third kappa shape index (κ3) is 6.58. The molecule has 14 heteroatoms. The average molecular weight is 613 g/mol. The number of pyridine rings is 1. The highest BCUT2D eigenvalue weighted by Gasteiger charge is 2.25. The second kappa shape index (κ2) is 12.7. The van der Waals surface area contributed by atoms with E-state index in [0.717, 1.165) is 35.7 Å². The Morgan fingerprint density at radius 1 is 1.02 bits per heavy atom. The van der Waals surface area contributed by atoms with Gasteiger partial charge < -0.3 is 19.3 Å². The number of aromatic nitrogens is 3. The summed E-state index contributed by atoms with van der Waals surface area (Å²) in [6.07, 6.45) is 4.62. The second-order valence-corrected chi connectivity index (χ2v) is 11.5. The molecule has 0 unspecified atom stereocenters. The lowest BCUT2D eigenvalue weighted by atomic mass is 10.0. The molecule has 1 fully saturated rings. The van der Waals surface area contributed by atoms with Crippen molar-refractivity contribution in [1.29, 1.82) is 0 Å². The summed E-state index contributed by atoms with van der Waals surface area (Å²) in [6, 6.07) is 9.31. The first-order valence-corrected chi connectivity index (χ1v) is 15.1. The number of hydrogen-bond acceptors (Lipinski definition) is 9. The van der Waals surface area contributed by atoms with Crippen LogP contribution in [0.25, 0.3) is 21.9 Å². The molecule has 1 amide bonds. The van der Waals surface area contributed by atoms with E-state index in [-0.39, 0.29) is 17.7 Å². The van der Waals surface area contributed by atoms with Crippen molar-refractivity contribution in [3.8, 4) is 17.0 Å². The van der Waals surface area contributed by atoms with Gasteiger partial charge in [-0.05, 0) is 36.2 Å². The highest BCUT2D eigenvalue weighted by atomic mass is 32.2. The number of halogens is 2. The van der Waals surface area contributed by atoms with Crippen molar-refractivity contribution in [2.75, 3.05) is 49.5 Å². The molecule has 2 aromatic carbocycles. The van der Waals surface area contributed by atoms with Crippen LogP contribution in [-0.4, -0.2) is 74.5 Å². The van der Waals surface area contributed by atoms with Crippen molar-refractivity contribution >= 4 is 38.4 Å². The number of ether oxygens (including phenoxy) is 2. The van der Waals surface area contributed by atoms with Crippen molar-refractivity contribution in [3.63, 3.8) is 0 Å². The first kappa shape index (κ1) is 29.9. The number of fused-ring (bicyclic) bond motifs is 1. The number of carbonyl (C=O) groups excluding carboxylic acids is 1. The predicted octanol–water partition coefficient (Wildman–Crippen LogP) is 4.84. The molecular weight excluding hydrogens is 582 g/mol. The quantitative estimate of drug-likeness (QED) is 0.264. The Balaban J connectivity index is 1.41. The molecule has 11 nitrogen and oxygen atoms in total. The fourth-order valence-corrected chi connectivity index (χ4v) is 5.82. The van der Waals surface area contributed by atoms with Crippen LogP contribution in [0.1, 0.15) is 19.8 Å². The highest BCUT2D eigenvalue weighted by molar-refractivity contribution is 7.92. The summed E-state index contributed by atoms with van der Waals surface area (Å²) in [7, 11) is -3.12. The molecule has 2 aromatic heterocycles. The normalized spacial score (nSPS) is 13.7. The van der Waals surface area contributed by atoms with Crippen LogP contribution >= 0.6 is 0 Å². The summed E-state index contributed by atoms with van der Waals surface area (Å²) in [4.78, 5) is 19.6. The summed E-state index contributed by atoms with van der Waals surface area (Å²) >= 11 is 0. The van der Waals surface area contributed by atoms with Crippen LogP contribution in [0.5, 0.6) is 5.88 Å². The van der Waals surface area contributed by atoms with Gasteiger partial charge in [0, 0.05) is 54.8 Å². The van der Waals surface area contributed by atoms with Crippen LogP contribution in [0, 0.1) is 11.6 Å². The molecule has 1 saturated heterocycles. The largest absolute Gasteiger partial charge is 0.480 e. The van der Waals surface area contributed by atoms with E-state index in [1.54, 1.807) is 11.1 Å². The van der Waals surface area contributed by atoms with Crippen LogP contribution in [0.4, 0.5) is 25.1 Å². The lowest BCUT2D eigenvalue weighted by Gasteiger charge is -2.35. The average Bonchev–Trinajstić information content (AvgIpc) is 3.00. The van der Waals surface area contributed by atoms with Crippen LogP contribution in [0.3, 0.4) is 0 Å². The smallest absolute Gasteiger partial charge is 0.409 e. The number of nitrogens with one attached hydrogen (secondary N) is 1. The van der Waals surface area contributed by atoms with Crippen molar-refractivity contribution < 1.29 is 31.5 Å². The summed E-state index contributed by atoms with van der Waals surface area (Å²) < 4.78 is 66.5. The summed E-state index contributed by atoms with van der Waals surface area (Å²) in [6.45, 7) is 4.47. The van der Waals surface area contributed by atoms with E-state index >= 15 is 0 Å². The Bertz CT molecular complexity index is 1750. The topological polar surface area (TPSA) is 127 Å². The first-order valence-electron chi connectivity index (χ1n) is 13.6. The molecule has 1 N–H and O–H groups in total. The number of benzene rings is 2. The fourth-order valence-electron chi connectivity index (χ4n) is 4.71. The number of methoxy groups -OCH3 is 1. The van der Waals surface area contributed by atoms with Gasteiger partial charge in [0.1, 0.15) is 22.2 Å². The molecule has 0 bridgehead atoms. The molecule has 1 aliphatic rings. The minimum atomic E-state index is -4.44. The monoisotopic (exact) mass is 612 g/mol. The Morgan fingerprint density at radius 2 is 1.81 bits per heavy atom. The molecule has 0 aliphatic carbocycles. The van der Waals surface area contributed by atoms with Gasteiger partial charge in [-0.25, -0.2) is 27.0 Å². The van der Waals surface area contributed by atoms with Crippen molar-refractivity contribution in [2.24, 2.45) is 0 Å². The van der Waals surface area contributed by atoms with Gasteiger partial charge in [0.15, 0.2) is 5.82 Å². The SMILES string of the molecule is CCCCOC(=O)N1CCN(c2nncc3ccc(-c4cnc(OC)c(NS(=O)(=O)c5ccc(F)cc5F)c4)cc23)CC1. The number of piperazine rings is 1. The molecule has 0 radical (unpaired) electrons. The first-order chi connectivity index (χ1) is 20.7. The summed E-state index contributed by atoms with van der Waals surface area (Å²) in [5.74, 6) is -1.52. The van der Waals surface area contributed by atoms with E-state index in [9.17, 15) is 22.0 Å². The maximum Gasteiger partial charge on any atom is 0.409 e. The van der Waals surface area contributed by atoms with Gasteiger partial charge in [-0.2, -0.15) is 5.10 Å². The Kier molecular flexibility index (Phi) is 8.85. The van der Waals surface area contributed by atoms with Crippen LogP contribution in [-0.2, 0) is 14.8 Å². The molecular formula is C29H30F2N6O5S. The molecule has 0 atom stereocenters. The standard InChI is InChI=1S/C29H30F2N6O5S/c1-3-4-13-42-29(38)37-11-9-36(10-12-37)27-23-14-19(5-6-20(23)18-33-34-27)21-15-25(28(41-2)32-17-21)35-43(39,40)26-8-7-22(30)16-24(26)31/h5-8,14-18,35H,3-4,9-13H2,1-2H3. The number of carbonyl (C=O) groups is 1. The van der Waals surface area contributed by atoms with E-state index < -0.39 is 26.6 Å². The number of nitrogens with zero attached hydrogens (tertiary/aromatic N) is 5. The van der Waals surface area contributed by atoms with Gasteiger partial charge in [-0.1, -0.05) is 25.5 Å². The number of amides is 1. The number of sulfonamides is 1. The molecule has 43 heavy (non-hydrogen) atoms. The zero-order valence-corrected chi connectivity index (χ0v) is 24.4. The number of hydrogen-bond donors (Lipinski definition) is 1. The van der Waals surface area contributed by atoms with Gasteiger partial charge >= 0.3 is 6.09 Å². The molecule has 4 aromatic rings. The van der Waals surface area contributed by atoms with Crippen molar-refractivity contribution in [1.82, 2.24) is 20.1 Å². The van der Waals surface area contributed by atoms with Crippen molar-refractivity contribution in [2.45, 2.75) is 24.7 Å². The molecule has 3 heterocycles. The fraction of sp³-hybridized carbons (Fsp3) is 0.310. The Hall–Kier alpha value is -4.59. The summed E-state index contributed by atoms with van der Waals surface area (Å²) in [5.41, 5.74) is 1.21. The van der Waals surface area contributed by atoms with Gasteiger partial charge in [-0.3, -0.25) is 4.72 Å². The third-order valence-corrected chi connectivity index (χ3v) is 8.41. The molecule has 0 saturated carbocycles. The maximum atomic E-state index is 14.3. The molecule has 5 rings (SSSR count). The second-order valence-electron chi connectivity index (χ2n) is 9.87. The zero-order valence-electron chi connectivity index (χ0n) is 23.6. The van der Waals surface area contributed by atoms with E-state index in [0.29, 0.717) is 55.8 Å². The van der Waals surface area contributed by atoms with E-state index in [1.807, 2.05) is 25.1 Å². The van der Waals surface area contributed by atoms with Gasteiger partial charge in [0.25, 0.3) is 10.0 Å². The predicted molar refractivity (Wildman–Crippen MR) is 157 cm³/mol. The molecule has 226 valence electrons. The number of rotatable bonds is 9. The van der Waals surface area contributed by atoms with E-state index in [1.165, 1.54) is 19.4 Å². The Morgan fingerprint density at radius 3 is 2.53 bits per heavy atom. The lowest BCUT2D eigenvalue weighted by Crippen LogP contribution is -2.49. The van der Waals surface area contributed by atoms with Gasteiger partial charge in [-0.15, -0.1) is 5.10 Å². The van der Waals surface area contributed by atoms with Crippen LogP contribution < -0.4 is 14.4 Å². The maximum absolute atomic E-state index is 14.3. The van der Waals surface area contributed by atoms with Crippen LogP contribution in [0.15, 0.2) is 59.8 Å². The summed E-state index contributed by atoms with van der Waals surface area (Å²) in [5, 5.41) is 10.2. The van der Waals surface area contributed by atoms with Gasteiger partial charge in [0.2, 0.25) is 5.88 Å². The van der Waals surface area contributed by atoms with Crippen molar-refractivity contribution in [3.05, 3.63) is 66.5 Å². The van der Waals surface area contributed by atoms with E-state index in [4.69, 9.17) is 9.47 Å². The van der Waals surface area contributed by atoms with Crippen LogP contribution in [0.2, 0.25) is 0 Å².